The number of hydrogen-bond donors (Lipinski definition) is 3. The zero-order valence-electron chi connectivity index (χ0n) is 11.6. The van der Waals surface area contributed by atoms with E-state index < -0.39 is 12.0 Å². The monoisotopic (exact) mass is 312 g/mol. The molecule has 0 saturated heterocycles. The summed E-state index contributed by atoms with van der Waals surface area (Å²) in [5.41, 5.74) is 0.0595. The molecule has 3 N–H and O–H groups in total. The molecule has 1 saturated carbocycles. The molecular weight excluding hydrogens is 296 g/mol. The van der Waals surface area contributed by atoms with Crippen molar-refractivity contribution in [3.63, 3.8) is 0 Å². The number of ether oxygens (including phenoxy) is 1. The van der Waals surface area contributed by atoms with Gasteiger partial charge in [0.2, 0.25) is 0 Å². The van der Waals surface area contributed by atoms with E-state index in [0.29, 0.717) is 0 Å². The van der Waals surface area contributed by atoms with E-state index >= 15 is 0 Å². The number of nitrogens with one attached hydrogen (secondary N) is 2. The van der Waals surface area contributed by atoms with Crippen molar-refractivity contribution < 1.29 is 19.4 Å². The minimum Gasteiger partial charge on any atom is -0.478 e. The highest BCUT2D eigenvalue weighted by Crippen LogP contribution is 2.25. The molecule has 6 nitrogen and oxygen atoms in total. The van der Waals surface area contributed by atoms with Crippen molar-refractivity contribution in [3.8, 4) is 0 Å². The van der Waals surface area contributed by atoms with Crippen molar-refractivity contribution in [3.05, 3.63) is 28.8 Å². The third kappa shape index (κ3) is 3.86. The van der Waals surface area contributed by atoms with Crippen LogP contribution in [0.25, 0.3) is 0 Å². The molecule has 0 aromatic heterocycles. The van der Waals surface area contributed by atoms with Crippen LogP contribution < -0.4 is 10.6 Å². The molecule has 1 aromatic rings. The Morgan fingerprint density at radius 3 is 2.76 bits per heavy atom. The summed E-state index contributed by atoms with van der Waals surface area (Å²) in [6.45, 7) is 0. The Bertz CT molecular complexity index is 550. The molecule has 1 aliphatic carbocycles. The van der Waals surface area contributed by atoms with Crippen molar-refractivity contribution in [2.75, 3.05) is 12.4 Å². The average molecular weight is 313 g/mol. The number of methoxy groups -OCH3 is 1. The number of amides is 2. The molecule has 21 heavy (non-hydrogen) atoms. The maximum atomic E-state index is 12.0. The summed E-state index contributed by atoms with van der Waals surface area (Å²) in [6, 6.07) is 4.14. The van der Waals surface area contributed by atoms with Gasteiger partial charge in [0.05, 0.1) is 16.8 Å². The summed E-state index contributed by atoms with van der Waals surface area (Å²) >= 11 is 5.85. The van der Waals surface area contributed by atoms with Crippen LogP contribution in [0.15, 0.2) is 18.2 Å². The summed E-state index contributed by atoms with van der Waals surface area (Å²) in [4.78, 5) is 23.1. The summed E-state index contributed by atoms with van der Waals surface area (Å²) in [5.74, 6) is -1.18. The normalized spacial score (nSPS) is 21.0. The second-order valence-electron chi connectivity index (χ2n) is 4.93. The lowest BCUT2D eigenvalue weighted by Crippen LogP contribution is -2.37. The molecule has 0 spiro atoms. The van der Waals surface area contributed by atoms with Gasteiger partial charge in [0.25, 0.3) is 0 Å². The molecule has 0 bridgehead atoms. The van der Waals surface area contributed by atoms with E-state index in [1.54, 1.807) is 13.2 Å². The number of benzene rings is 1. The van der Waals surface area contributed by atoms with Crippen LogP contribution >= 0.6 is 11.6 Å². The molecule has 2 unspecified atom stereocenters. The topological polar surface area (TPSA) is 87.7 Å². The van der Waals surface area contributed by atoms with Gasteiger partial charge in [-0.3, -0.25) is 0 Å². The lowest BCUT2D eigenvalue weighted by Gasteiger charge is -2.15. The highest BCUT2D eigenvalue weighted by Gasteiger charge is 2.26. The fraction of sp³-hybridized carbons (Fsp3) is 0.429. The molecule has 0 heterocycles. The third-order valence-corrected chi connectivity index (χ3v) is 3.84. The highest BCUT2D eigenvalue weighted by atomic mass is 35.5. The van der Waals surface area contributed by atoms with Crippen molar-refractivity contribution in [1.29, 1.82) is 0 Å². The van der Waals surface area contributed by atoms with Crippen LogP contribution in [0.2, 0.25) is 5.02 Å². The van der Waals surface area contributed by atoms with Crippen molar-refractivity contribution in [1.82, 2.24) is 5.32 Å². The number of aromatic carboxylic acids is 1. The van der Waals surface area contributed by atoms with Gasteiger partial charge in [0.15, 0.2) is 0 Å². The number of halogens is 1. The number of urea groups is 1. The van der Waals surface area contributed by atoms with Crippen molar-refractivity contribution >= 4 is 29.3 Å². The number of carboxylic acids is 1. The van der Waals surface area contributed by atoms with E-state index in [0.717, 1.165) is 19.3 Å². The first-order valence-electron chi connectivity index (χ1n) is 6.63. The first-order valence-corrected chi connectivity index (χ1v) is 7.01. The van der Waals surface area contributed by atoms with Gasteiger partial charge in [-0.2, -0.15) is 0 Å². The number of anilines is 1. The molecule has 7 heteroatoms. The minimum atomic E-state index is -1.18. The predicted octanol–water partition coefficient (Wildman–Crippen LogP) is 2.73. The molecule has 0 radical (unpaired) electrons. The number of carbonyl (C=O) groups is 2. The summed E-state index contributed by atoms with van der Waals surface area (Å²) in [7, 11) is 1.65. The Morgan fingerprint density at radius 1 is 1.38 bits per heavy atom. The predicted molar refractivity (Wildman–Crippen MR) is 79.0 cm³/mol. The second kappa shape index (κ2) is 6.78. The lowest BCUT2D eigenvalue weighted by atomic mass is 10.2. The van der Waals surface area contributed by atoms with Crippen LogP contribution in [0.4, 0.5) is 10.5 Å². The molecule has 1 aliphatic rings. The Hall–Kier alpha value is -1.79. The first-order chi connectivity index (χ1) is 10.0. The van der Waals surface area contributed by atoms with Crippen LogP contribution in [0.5, 0.6) is 0 Å². The fourth-order valence-corrected chi connectivity index (χ4v) is 2.73. The Kier molecular flexibility index (Phi) is 5.03. The van der Waals surface area contributed by atoms with Gasteiger partial charge in [-0.05, 0) is 31.4 Å². The van der Waals surface area contributed by atoms with Gasteiger partial charge in [0.1, 0.15) is 5.56 Å². The van der Waals surface area contributed by atoms with Crippen LogP contribution in [0, 0.1) is 0 Å². The molecular formula is C14H17ClN2O4. The van der Waals surface area contributed by atoms with Gasteiger partial charge in [0, 0.05) is 13.2 Å². The smallest absolute Gasteiger partial charge is 0.339 e. The van der Waals surface area contributed by atoms with E-state index in [-0.39, 0.29) is 28.4 Å². The molecule has 1 aromatic carbocycles. The molecule has 2 atom stereocenters. The van der Waals surface area contributed by atoms with Gasteiger partial charge in [-0.1, -0.05) is 17.7 Å². The minimum absolute atomic E-state index is 0.0300. The van der Waals surface area contributed by atoms with Gasteiger partial charge in [-0.25, -0.2) is 9.59 Å². The third-order valence-electron chi connectivity index (χ3n) is 3.53. The lowest BCUT2D eigenvalue weighted by molar-refractivity contribution is 0.0698. The van der Waals surface area contributed by atoms with E-state index in [1.807, 2.05) is 0 Å². The van der Waals surface area contributed by atoms with Gasteiger partial charge < -0.3 is 20.5 Å². The Morgan fingerprint density at radius 2 is 2.14 bits per heavy atom. The standard InChI is InChI=1S/C14H17ClN2O4/c1-21-9-6-5-8(7-9)16-14(20)17-11-4-2-3-10(15)12(11)13(18)19/h2-4,8-9H,5-7H2,1H3,(H,18,19)(H2,16,17,20). The number of carboxylic acid groups (broad SMARTS) is 1. The summed E-state index contributed by atoms with van der Waals surface area (Å²) < 4.78 is 5.24. The molecule has 2 rings (SSSR count). The number of hydrogen-bond acceptors (Lipinski definition) is 3. The van der Waals surface area contributed by atoms with E-state index in [9.17, 15) is 9.59 Å². The number of rotatable bonds is 4. The summed E-state index contributed by atoms with van der Waals surface area (Å²) in [5, 5.41) is 14.6. The maximum absolute atomic E-state index is 12.0. The van der Waals surface area contributed by atoms with Gasteiger partial charge in [-0.15, -0.1) is 0 Å². The quantitative estimate of drug-likeness (QED) is 0.797. The Balaban J connectivity index is 2.00. The molecule has 0 aliphatic heterocycles. The molecule has 1 fully saturated rings. The fourth-order valence-electron chi connectivity index (χ4n) is 2.47. The van der Waals surface area contributed by atoms with E-state index in [4.69, 9.17) is 21.4 Å². The SMILES string of the molecule is COC1CCC(NC(=O)Nc2cccc(Cl)c2C(=O)O)C1. The van der Waals surface area contributed by atoms with Crippen molar-refractivity contribution in [2.45, 2.75) is 31.4 Å². The molecule has 2 amide bonds. The Labute approximate surface area is 127 Å². The van der Waals surface area contributed by atoms with Gasteiger partial charge >= 0.3 is 12.0 Å². The van der Waals surface area contributed by atoms with Crippen molar-refractivity contribution in [2.24, 2.45) is 0 Å². The first kappa shape index (κ1) is 15.6. The second-order valence-corrected chi connectivity index (χ2v) is 5.34. The molecule has 114 valence electrons. The highest BCUT2D eigenvalue weighted by molar-refractivity contribution is 6.34. The van der Waals surface area contributed by atoms with Crippen LogP contribution in [0.1, 0.15) is 29.6 Å². The zero-order valence-corrected chi connectivity index (χ0v) is 12.3. The largest absolute Gasteiger partial charge is 0.478 e. The maximum Gasteiger partial charge on any atom is 0.339 e. The average Bonchev–Trinajstić information content (AvgIpc) is 2.85. The number of carbonyl (C=O) groups excluding carboxylic acids is 1. The van der Waals surface area contributed by atoms with Crippen LogP contribution in [-0.2, 0) is 4.74 Å². The summed E-state index contributed by atoms with van der Waals surface area (Å²) in [6.07, 6.45) is 2.66. The van der Waals surface area contributed by atoms with E-state index in [2.05, 4.69) is 10.6 Å². The van der Waals surface area contributed by atoms with Crippen LogP contribution in [-0.4, -0.2) is 36.4 Å². The zero-order chi connectivity index (χ0) is 15.4. The van der Waals surface area contributed by atoms with Crippen LogP contribution in [0.3, 0.4) is 0 Å². The van der Waals surface area contributed by atoms with E-state index in [1.165, 1.54) is 12.1 Å².